The van der Waals surface area contributed by atoms with E-state index >= 15 is 0 Å². The molecular weight excluding hydrogens is 458 g/mol. The Morgan fingerprint density at radius 2 is 1.62 bits per heavy atom. The maximum Gasteiger partial charge on any atom is 0.254 e. The van der Waals surface area contributed by atoms with E-state index in [4.69, 9.17) is 32.7 Å². The highest BCUT2D eigenvalue weighted by Gasteiger charge is 2.29. The summed E-state index contributed by atoms with van der Waals surface area (Å²) in [6.45, 7) is 2.63. The van der Waals surface area contributed by atoms with Gasteiger partial charge in [-0.1, -0.05) is 23.2 Å². The van der Waals surface area contributed by atoms with Crippen molar-refractivity contribution < 1.29 is 23.5 Å². The lowest BCUT2D eigenvalue weighted by Crippen LogP contribution is -2.43. The molecule has 1 saturated heterocycles. The van der Waals surface area contributed by atoms with Gasteiger partial charge >= 0.3 is 0 Å². The predicted molar refractivity (Wildman–Crippen MR) is 121 cm³/mol. The first-order valence-electron chi connectivity index (χ1n) is 10.2. The minimum atomic E-state index is -0.590. The Balaban J connectivity index is 1.60. The van der Waals surface area contributed by atoms with Gasteiger partial charge in [0.2, 0.25) is 5.91 Å². The number of amides is 2. The zero-order chi connectivity index (χ0) is 23.4. The number of carbonyl (C=O) groups excluding carboxylic acids is 2. The zero-order valence-corrected chi connectivity index (χ0v) is 19.6. The molecule has 0 aromatic heterocycles. The molecule has 1 fully saturated rings. The van der Waals surface area contributed by atoms with E-state index < -0.39 is 11.9 Å². The lowest BCUT2D eigenvalue weighted by Gasteiger charge is -2.32. The third-order valence-corrected chi connectivity index (χ3v) is 6.23. The van der Waals surface area contributed by atoms with Crippen LogP contribution in [0.5, 0.6) is 11.5 Å². The van der Waals surface area contributed by atoms with E-state index in [2.05, 4.69) is 5.32 Å². The Morgan fingerprint density at radius 1 is 1.03 bits per heavy atom. The molecule has 32 heavy (non-hydrogen) atoms. The van der Waals surface area contributed by atoms with Crippen LogP contribution in [0.3, 0.4) is 0 Å². The van der Waals surface area contributed by atoms with Gasteiger partial charge in [0, 0.05) is 35.7 Å². The Kier molecular flexibility index (Phi) is 7.85. The molecule has 0 bridgehead atoms. The van der Waals surface area contributed by atoms with E-state index in [1.165, 1.54) is 26.4 Å². The van der Waals surface area contributed by atoms with Crippen molar-refractivity contribution in [1.82, 2.24) is 10.2 Å². The summed E-state index contributed by atoms with van der Waals surface area (Å²) in [7, 11) is 3.06. The van der Waals surface area contributed by atoms with Crippen LogP contribution in [-0.2, 0) is 4.79 Å². The van der Waals surface area contributed by atoms with Gasteiger partial charge in [0.25, 0.3) is 5.91 Å². The van der Waals surface area contributed by atoms with Gasteiger partial charge in [0.15, 0.2) is 0 Å². The monoisotopic (exact) mass is 482 g/mol. The van der Waals surface area contributed by atoms with Crippen LogP contribution in [0.15, 0.2) is 30.3 Å². The van der Waals surface area contributed by atoms with Crippen molar-refractivity contribution in [1.29, 1.82) is 0 Å². The molecule has 172 valence electrons. The second-order valence-electron chi connectivity index (χ2n) is 7.69. The van der Waals surface area contributed by atoms with Crippen molar-refractivity contribution in [2.45, 2.75) is 25.8 Å². The van der Waals surface area contributed by atoms with Crippen LogP contribution in [-0.4, -0.2) is 44.0 Å². The van der Waals surface area contributed by atoms with Crippen LogP contribution in [0.25, 0.3) is 0 Å². The van der Waals surface area contributed by atoms with E-state index in [0.29, 0.717) is 53.6 Å². The lowest BCUT2D eigenvalue weighted by atomic mass is 9.94. The van der Waals surface area contributed by atoms with Gasteiger partial charge in [-0.3, -0.25) is 9.59 Å². The summed E-state index contributed by atoms with van der Waals surface area (Å²) in [5, 5.41) is 3.11. The minimum absolute atomic E-state index is 0.0667. The molecule has 2 aromatic rings. The van der Waals surface area contributed by atoms with Gasteiger partial charge in [0.05, 0.1) is 25.3 Å². The van der Waals surface area contributed by atoms with Crippen LogP contribution in [0.4, 0.5) is 4.39 Å². The normalized spacial score (nSPS) is 15.2. The molecule has 0 spiro atoms. The van der Waals surface area contributed by atoms with E-state index in [1.807, 2.05) is 0 Å². The van der Waals surface area contributed by atoms with E-state index in [0.717, 1.165) is 0 Å². The Morgan fingerprint density at radius 3 is 2.19 bits per heavy atom. The summed E-state index contributed by atoms with van der Waals surface area (Å²) < 4.78 is 24.3. The number of likely N-dealkylation sites (tertiary alicyclic amines) is 1. The number of methoxy groups -OCH3 is 2. The number of piperidine rings is 1. The van der Waals surface area contributed by atoms with Crippen LogP contribution < -0.4 is 14.8 Å². The number of nitrogens with zero attached hydrogens (tertiary/aromatic N) is 1. The summed E-state index contributed by atoms with van der Waals surface area (Å²) in [6.07, 6.45) is 1.04. The molecule has 2 amide bonds. The number of halogens is 3. The summed E-state index contributed by atoms with van der Waals surface area (Å²) >= 11 is 11.9. The van der Waals surface area contributed by atoms with Crippen molar-refractivity contribution in [3.8, 4) is 11.5 Å². The maximum atomic E-state index is 13.8. The molecule has 1 heterocycles. The maximum absolute atomic E-state index is 13.8. The Bertz CT molecular complexity index is 987. The van der Waals surface area contributed by atoms with E-state index in [1.54, 1.807) is 30.0 Å². The van der Waals surface area contributed by atoms with Crippen molar-refractivity contribution in [3.05, 3.63) is 57.3 Å². The molecule has 0 saturated carbocycles. The smallest absolute Gasteiger partial charge is 0.254 e. The van der Waals surface area contributed by atoms with Gasteiger partial charge in [-0.05, 0) is 49.6 Å². The molecule has 1 atom stereocenters. The highest BCUT2D eigenvalue weighted by Crippen LogP contribution is 2.30. The fraction of sp³-hybridized carbons (Fsp3) is 0.391. The standard InChI is InChI=1S/C23H25Cl2FN2O4/c1-13(18-11-21(26)20(25)12-19(18)24)27-22(29)14-4-6-28(7-5-14)23(30)15-8-16(31-2)10-17(9-15)32-3/h8-14H,4-7H2,1-3H3,(H,27,29). The van der Waals surface area contributed by atoms with Gasteiger partial charge in [-0.2, -0.15) is 0 Å². The number of rotatable bonds is 6. The topological polar surface area (TPSA) is 67.9 Å². The third-order valence-electron chi connectivity index (χ3n) is 5.62. The first-order chi connectivity index (χ1) is 15.2. The molecule has 6 nitrogen and oxygen atoms in total. The number of hydrogen-bond donors (Lipinski definition) is 1. The number of carbonyl (C=O) groups is 2. The molecular formula is C23H25Cl2FN2O4. The van der Waals surface area contributed by atoms with E-state index in [-0.39, 0.29) is 22.8 Å². The zero-order valence-electron chi connectivity index (χ0n) is 18.1. The number of benzene rings is 2. The second-order valence-corrected chi connectivity index (χ2v) is 8.50. The summed E-state index contributed by atoms with van der Waals surface area (Å²) in [5.74, 6) is -0.0659. The highest BCUT2D eigenvalue weighted by atomic mass is 35.5. The van der Waals surface area contributed by atoms with Crippen molar-refractivity contribution in [2.24, 2.45) is 5.92 Å². The first kappa shape index (κ1) is 24.1. The molecule has 0 radical (unpaired) electrons. The second kappa shape index (κ2) is 10.4. The summed E-state index contributed by atoms with van der Waals surface area (Å²) in [6, 6.07) is 7.12. The lowest BCUT2D eigenvalue weighted by molar-refractivity contribution is -0.127. The van der Waals surface area contributed by atoms with Crippen LogP contribution >= 0.6 is 23.2 Å². The van der Waals surface area contributed by atoms with Gasteiger partial charge < -0.3 is 19.7 Å². The molecule has 1 unspecified atom stereocenters. The van der Waals surface area contributed by atoms with Crippen LogP contribution in [0, 0.1) is 11.7 Å². The first-order valence-corrected chi connectivity index (χ1v) is 11.0. The summed E-state index contributed by atoms with van der Waals surface area (Å²) in [5.41, 5.74) is 0.929. The Hall–Kier alpha value is -2.51. The largest absolute Gasteiger partial charge is 0.497 e. The van der Waals surface area contributed by atoms with Crippen molar-refractivity contribution in [3.63, 3.8) is 0 Å². The molecule has 0 aliphatic carbocycles. The Labute approximate surface area is 196 Å². The molecule has 1 N–H and O–H groups in total. The summed E-state index contributed by atoms with van der Waals surface area (Å²) in [4.78, 5) is 27.4. The number of ether oxygens (including phenoxy) is 2. The average Bonchev–Trinajstić information content (AvgIpc) is 2.80. The van der Waals surface area contributed by atoms with Crippen LogP contribution in [0.1, 0.15) is 41.7 Å². The number of hydrogen-bond acceptors (Lipinski definition) is 4. The molecule has 9 heteroatoms. The number of nitrogens with one attached hydrogen (secondary N) is 1. The van der Waals surface area contributed by atoms with Gasteiger partial charge in [0.1, 0.15) is 17.3 Å². The predicted octanol–water partition coefficient (Wildman–Crippen LogP) is 4.88. The van der Waals surface area contributed by atoms with E-state index in [9.17, 15) is 14.0 Å². The minimum Gasteiger partial charge on any atom is -0.497 e. The third kappa shape index (κ3) is 5.45. The molecule has 1 aliphatic rings. The quantitative estimate of drug-likeness (QED) is 0.595. The average molecular weight is 483 g/mol. The van der Waals surface area contributed by atoms with Crippen LogP contribution in [0.2, 0.25) is 10.0 Å². The SMILES string of the molecule is COc1cc(OC)cc(C(=O)N2CCC(C(=O)NC(C)c3cc(F)c(Cl)cc3Cl)CC2)c1. The molecule has 3 rings (SSSR count). The van der Waals surface area contributed by atoms with Gasteiger partial charge in [-0.25, -0.2) is 4.39 Å². The highest BCUT2D eigenvalue weighted by molar-refractivity contribution is 6.35. The van der Waals surface area contributed by atoms with Crippen molar-refractivity contribution >= 4 is 35.0 Å². The molecule has 2 aromatic carbocycles. The van der Waals surface area contributed by atoms with Gasteiger partial charge in [-0.15, -0.1) is 0 Å². The van der Waals surface area contributed by atoms with Crippen molar-refractivity contribution in [2.75, 3.05) is 27.3 Å². The molecule has 1 aliphatic heterocycles. The fourth-order valence-electron chi connectivity index (χ4n) is 3.74. The fourth-order valence-corrected chi connectivity index (χ4v) is 4.28.